The van der Waals surface area contributed by atoms with E-state index in [2.05, 4.69) is 0 Å². The first kappa shape index (κ1) is 11.3. The summed E-state index contributed by atoms with van der Waals surface area (Å²) in [6, 6.07) is 5.14. The van der Waals surface area contributed by atoms with Gasteiger partial charge in [0.1, 0.15) is 0 Å². The second-order valence-corrected chi connectivity index (χ2v) is 3.72. The first-order valence-electron chi connectivity index (χ1n) is 4.23. The van der Waals surface area contributed by atoms with Crippen LogP contribution in [0.5, 0.6) is 0 Å². The number of benzene rings is 1. The predicted molar refractivity (Wildman–Crippen MR) is 60.0 cm³/mol. The van der Waals surface area contributed by atoms with Crippen LogP contribution in [0.25, 0.3) is 0 Å². The molecule has 74 valence electrons. The molecular weight excluding hydrogens is 219 g/mol. The van der Waals surface area contributed by atoms with Crippen molar-refractivity contribution in [2.45, 2.75) is 13.3 Å². The molecule has 0 N–H and O–H groups in total. The molecule has 0 saturated carbocycles. The largest absolute Gasteiger partial charge is 0.294 e. The number of halogens is 2. The second-order valence-electron chi connectivity index (χ2n) is 2.88. The van der Waals surface area contributed by atoms with Gasteiger partial charge in [0.15, 0.2) is 5.78 Å². The monoisotopic (exact) mass is 228 g/mol. The molecule has 0 atom stereocenters. The van der Waals surface area contributed by atoms with Crippen LogP contribution in [0.15, 0.2) is 30.4 Å². The molecule has 0 aromatic heterocycles. The third-order valence-electron chi connectivity index (χ3n) is 1.73. The smallest absolute Gasteiger partial charge is 0.159 e. The third kappa shape index (κ3) is 3.17. The highest BCUT2D eigenvalue weighted by Gasteiger charge is 2.04. The molecule has 1 aromatic carbocycles. The van der Waals surface area contributed by atoms with E-state index in [0.29, 0.717) is 16.5 Å². The van der Waals surface area contributed by atoms with Crippen LogP contribution in [0.3, 0.4) is 0 Å². The maximum absolute atomic E-state index is 11.3. The van der Waals surface area contributed by atoms with Crippen LogP contribution in [-0.4, -0.2) is 5.78 Å². The van der Waals surface area contributed by atoms with Crippen molar-refractivity contribution in [3.8, 4) is 0 Å². The molecule has 0 unspecified atom stereocenters. The van der Waals surface area contributed by atoms with Gasteiger partial charge in [0, 0.05) is 16.5 Å². The number of allylic oxidation sites excluding steroid dienone is 2. The first-order valence-corrected chi connectivity index (χ1v) is 4.98. The van der Waals surface area contributed by atoms with E-state index in [1.165, 1.54) is 6.08 Å². The van der Waals surface area contributed by atoms with Crippen molar-refractivity contribution in [2.75, 3.05) is 0 Å². The Morgan fingerprint density at radius 1 is 1.43 bits per heavy atom. The Kier molecular flexibility index (Phi) is 4.18. The Morgan fingerprint density at radius 2 is 2.14 bits per heavy atom. The molecule has 0 radical (unpaired) electrons. The van der Waals surface area contributed by atoms with Gasteiger partial charge in [0.25, 0.3) is 0 Å². The molecule has 1 rings (SSSR count). The van der Waals surface area contributed by atoms with Gasteiger partial charge in [-0.1, -0.05) is 35.3 Å². The molecule has 14 heavy (non-hydrogen) atoms. The number of carbonyl (C=O) groups excluding carboxylic acids is 1. The first-order chi connectivity index (χ1) is 6.63. The lowest BCUT2D eigenvalue weighted by Gasteiger charge is -2.01. The standard InChI is InChI=1S/C11H10Cl2O/c1-2-3-10(14)6-8-4-5-9(12)7-11(8)13/h2-5,7H,6H2,1H3/b3-2+. The number of rotatable bonds is 3. The van der Waals surface area contributed by atoms with Crippen molar-refractivity contribution in [1.29, 1.82) is 0 Å². The van der Waals surface area contributed by atoms with E-state index < -0.39 is 0 Å². The van der Waals surface area contributed by atoms with Crippen LogP contribution in [0.2, 0.25) is 10.0 Å². The summed E-state index contributed by atoms with van der Waals surface area (Å²) >= 11 is 11.6. The highest BCUT2D eigenvalue weighted by molar-refractivity contribution is 6.35. The molecule has 1 nitrogen and oxygen atoms in total. The zero-order chi connectivity index (χ0) is 10.6. The summed E-state index contributed by atoms with van der Waals surface area (Å²) in [4.78, 5) is 11.3. The SMILES string of the molecule is C/C=C/C(=O)Cc1ccc(Cl)cc1Cl. The van der Waals surface area contributed by atoms with Crippen molar-refractivity contribution in [3.63, 3.8) is 0 Å². The normalized spacial score (nSPS) is 10.8. The molecule has 0 aliphatic rings. The predicted octanol–water partition coefficient (Wildman–Crippen LogP) is 3.68. The van der Waals surface area contributed by atoms with Crippen LogP contribution in [0.1, 0.15) is 12.5 Å². The van der Waals surface area contributed by atoms with E-state index in [1.54, 1.807) is 31.2 Å². The van der Waals surface area contributed by atoms with Gasteiger partial charge in [0.2, 0.25) is 0 Å². The Hall–Kier alpha value is -0.790. The van der Waals surface area contributed by atoms with Crippen LogP contribution < -0.4 is 0 Å². The van der Waals surface area contributed by atoms with Gasteiger partial charge in [-0.25, -0.2) is 0 Å². The topological polar surface area (TPSA) is 17.1 Å². The zero-order valence-electron chi connectivity index (χ0n) is 7.76. The Balaban J connectivity index is 2.82. The fraction of sp³-hybridized carbons (Fsp3) is 0.182. The van der Waals surface area contributed by atoms with Crippen LogP contribution in [-0.2, 0) is 11.2 Å². The summed E-state index contributed by atoms with van der Waals surface area (Å²) in [5.41, 5.74) is 0.805. The fourth-order valence-corrected chi connectivity index (χ4v) is 1.57. The van der Waals surface area contributed by atoms with Crippen LogP contribution in [0, 0.1) is 0 Å². The van der Waals surface area contributed by atoms with Crippen molar-refractivity contribution < 1.29 is 4.79 Å². The zero-order valence-corrected chi connectivity index (χ0v) is 9.27. The molecule has 0 aliphatic heterocycles. The molecule has 0 amide bonds. The summed E-state index contributed by atoms with van der Waals surface area (Å²) < 4.78 is 0. The lowest BCUT2D eigenvalue weighted by molar-refractivity contribution is -0.114. The van der Waals surface area contributed by atoms with Gasteiger partial charge < -0.3 is 0 Å². The Bertz CT molecular complexity index is 370. The van der Waals surface area contributed by atoms with Gasteiger partial charge in [-0.15, -0.1) is 0 Å². The molecule has 1 aromatic rings. The van der Waals surface area contributed by atoms with Gasteiger partial charge in [-0.2, -0.15) is 0 Å². The quantitative estimate of drug-likeness (QED) is 0.722. The molecule has 0 saturated heterocycles. The number of hydrogen-bond donors (Lipinski definition) is 0. The van der Waals surface area contributed by atoms with Crippen LogP contribution >= 0.6 is 23.2 Å². The Morgan fingerprint density at radius 3 is 2.71 bits per heavy atom. The van der Waals surface area contributed by atoms with Crippen molar-refractivity contribution in [1.82, 2.24) is 0 Å². The summed E-state index contributed by atoms with van der Waals surface area (Å²) in [5.74, 6) is 0.0386. The molecule has 3 heteroatoms. The molecule has 0 spiro atoms. The fourth-order valence-electron chi connectivity index (χ4n) is 1.10. The average molecular weight is 229 g/mol. The van der Waals surface area contributed by atoms with Crippen molar-refractivity contribution in [2.24, 2.45) is 0 Å². The molecule has 0 bridgehead atoms. The van der Waals surface area contributed by atoms with E-state index >= 15 is 0 Å². The van der Waals surface area contributed by atoms with E-state index in [0.717, 1.165) is 5.56 Å². The maximum atomic E-state index is 11.3. The lowest BCUT2D eigenvalue weighted by Crippen LogP contribution is -1.98. The molecule has 0 fully saturated rings. The lowest BCUT2D eigenvalue weighted by atomic mass is 10.1. The number of hydrogen-bond acceptors (Lipinski definition) is 1. The van der Waals surface area contributed by atoms with Crippen molar-refractivity contribution >= 4 is 29.0 Å². The third-order valence-corrected chi connectivity index (χ3v) is 2.32. The summed E-state index contributed by atoms with van der Waals surface area (Å²) in [6.45, 7) is 1.81. The highest BCUT2D eigenvalue weighted by atomic mass is 35.5. The van der Waals surface area contributed by atoms with E-state index in [1.807, 2.05) is 0 Å². The summed E-state index contributed by atoms with van der Waals surface area (Å²) in [7, 11) is 0. The summed E-state index contributed by atoms with van der Waals surface area (Å²) in [6.07, 6.45) is 3.57. The minimum absolute atomic E-state index is 0.0386. The van der Waals surface area contributed by atoms with Gasteiger partial charge in [-0.3, -0.25) is 4.79 Å². The van der Waals surface area contributed by atoms with E-state index in [-0.39, 0.29) is 5.78 Å². The van der Waals surface area contributed by atoms with Crippen molar-refractivity contribution in [3.05, 3.63) is 46.0 Å². The average Bonchev–Trinajstić information content (AvgIpc) is 2.10. The summed E-state index contributed by atoms with van der Waals surface area (Å²) in [5, 5.41) is 1.12. The highest BCUT2D eigenvalue weighted by Crippen LogP contribution is 2.21. The molecule has 0 aliphatic carbocycles. The molecule has 0 heterocycles. The number of carbonyl (C=O) groups is 1. The number of ketones is 1. The maximum Gasteiger partial charge on any atom is 0.159 e. The minimum Gasteiger partial charge on any atom is -0.294 e. The minimum atomic E-state index is 0.0386. The molecular formula is C11H10Cl2O. The van der Waals surface area contributed by atoms with Gasteiger partial charge in [0.05, 0.1) is 0 Å². The van der Waals surface area contributed by atoms with Gasteiger partial charge in [-0.05, 0) is 30.7 Å². The Labute approximate surface area is 93.3 Å². The van der Waals surface area contributed by atoms with Crippen LogP contribution in [0.4, 0.5) is 0 Å². The second kappa shape index (κ2) is 5.18. The van der Waals surface area contributed by atoms with Gasteiger partial charge >= 0.3 is 0 Å². The van der Waals surface area contributed by atoms with E-state index in [4.69, 9.17) is 23.2 Å². The van der Waals surface area contributed by atoms with E-state index in [9.17, 15) is 4.79 Å².